The molecular formula is C21H21ClN4O. The van der Waals surface area contributed by atoms with Crippen LogP contribution in [0.1, 0.15) is 21.6 Å². The number of pyridine rings is 2. The fourth-order valence-electron chi connectivity index (χ4n) is 2.72. The normalized spacial score (nSPS) is 10.4. The van der Waals surface area contributed by atoms with Gasteiger partial charge in [-0.15, -0.1) is 0 Å². The van der Waals surface area contributed by atoms with Gasteiger partial charge in [-0.1, -0.05) is 23.7 Å². The SMILES string of the molecule is CN(CCc1ccccn1)c1ncccc1CNC(=O)c1ccc(Cl)cc1. The first-order valence-corrected chi connectivity index (χ1v) is 9.10. The molecule has 0 bridgehead atoms. The van der Waals surface area contributed by atoms with Crippen molar-refractivity contribution >= 4 is 23.3 Å². The summed E-state index contributed by atoms with van der Waals surface area (Å²) in [5.74, 6) is 0.711. The molecule has 2 heterocycles. The fraction of sp³-hybridized carbons (Fsp3) is 0.190. The molecule has 0 spiro atoms. The Morgan fingerprint density at radius 3 is 2.56 bits per heavy atom. The number of aromatic nitrogens is 2. The number of carbonyl (C=O) groups is 1. The molecule has 1 N–H and O–H groups in total. The van der Waals surface area contributed by atoms with E-state index < -0.39 is 0 Å². The lowest BCUT2D eigenvalue weighted by molar-refractivity contribution is 0.0951. The Morgan fingerprint density at radius 2 is 1.81 bits per heavy atom. The zero-order valence-electron chi connectivity index (χ0n) is 15.1. The number of amides is 1. The number of nitrogens with zero attached hydrogens (tertiary/aromatic N) is 3. The second-order valence-electron chi connectivity index (χ2n) is 6.17. The van der Waals surface area contributed by atoms with Crippen LogP contribution in [0.4, 0.5) is 5.82 Å². The first kappa shape index (κ1) is 18.9. The van der Waals surface area contributed by atoms with Crippen molar-refractivity contribution in [1.29, 1.82) is 0 Å². The van der Waals surface area contributed by atoms with Gasteiger partial charge in [0.2, 0.25) is 0 Å². The number of anilines is 1. The third-order valence-electron chi connectivity index (χ3n) is 4.20. The van der Waals surface area contributed by atoms with Crippen LogP contribution in [0, 0.1) is 0 Å². The fourth-order valence-corrected chi connectivity index (χ4v) is 2.85. The summed E-state index contributed by atoms with van der Waals surface area (Å²) in [4.78, 5) is 23.2. The maximum Gasteiger partial charge on any atom is 0.251 e. The van der Waals surface area contributed by atoms with Crippen molar-refractivity contribution in [1.82, 2.24) is 15.3 Å². The van der Waals surface area contributed by atoms with E-state index in [4.69, 9.17) is 11.6 Å². The lowest BCUT2D eigenvalue weighted by Gasteiger charge is -2.21. The number of halogens is 1. The molecule has 3 rings (SSSR count). The summed E-state index contributed by atoms with van der Waals surface area (Å²) in [5, 5.41) is 3.55. The van der Waals surface area contributed by atoms with E-state index in [9.17, 15) is 4.79 Å². The Balaban J connectivity index is 1.62. The van der Waals surface area contributed by atoms with E-state index in [0.717, 1.165) is 30.0 Å². The molecule has 3 aromatic rings. The average molecular weight is 381 g/mol. The second-order valence-corrected chi connectivity index (χ2v) is 6.60. The third kappa shape index (κ3) is 5.28. The summed E-state index contributed by atoms with van der Waals surface area (Å²) >= 11 is 5.87. The second kappa shape index (κ2) is 9.14. The van der Waals surface area contributed by atoms with Crippen LogP contribution >= 0.6 is 11.6 Å². The summed E-state index contributed by atoms with van der Waals surface area (Å²) in [6.07, 6.45) is 4.38. The summed E-state index contributed by atoms with van der Waals surface area (Å²) in [5.41, 5.74) is 2.58. The molecule has 0 atom stereocenters. The Morgan fingerprint density at radius 1 is 1.04 bits per heavy atom. The molecular weight excluding hydrogens is 360 g/mol. The number of likely N-dealkylation sites (N-methyl/N-ethyl adjacent to an activating group) is 1. The van der Waals surface area contributed by atoms with Gasteiger partial charge in [0.1, 0.15) is 5.82 Å². The van der Waals surface area contributed by atoms with Crippen LogP contribution in [0.5, 0.6) is 0 Å². The van der Waals surface area contributed by atoms with E-state index in [1.165, 1.54) is 0 Å². The lowest BCUT2D eigenvalue weighted by Crippen LogP contribution is -2.27. The summed E-state index contributed by atoms with van der Waals surface area (Å²) in [6, 6.07) is 16.6. The van der Waals surface area contributed by atoms with Gasteiger partial charge in [0.25, 0.3) is 5.91 Å². The van der Waals surface area contributed by atoms with Crippen molar-refractivity contribution < 1.29 is 4.79 Å². The number of rotatable bonds is 7. The quantitative estimate of drug-likeness (QED) is 0.678. The van der Waals surface area contributed by atoms with Crippen molar-refractivity contribution in [2.45, 2.75) is 13.0 Å². The summed E-state index contributed by atoms with van der Waals surface area (Å²) in [6.45, 7) is 1.19. The van der Waals surface area contributed by atoms with Gasteiger partial charge >= 0.3 is 0 Å². The minimum absolute atomic E-state index is 0.141. The van der Waals surface area contributed by atoms with Crippen LogP contribution < -0.4 is 10.2 Å². The molecule has 0 aliphatic rings. The van der Waals surface area contributed by atoms with Crippen LogP contribution in [0.25, 0.3) is 0 Å². The van der Waals surface area contributed by atoms with E-state index in [1.54, 1.807) is 36.7 Å². The molecule has 138 valence electrons. The largest absolute Gasteiger partial charge is 0.359 e. The maximum atomic E-state index is 12.3. The highest BCUT2D eigenvalue weighted by Crippen LogP contribution is 2.16. The lowest BCUT2D eigenvalue weighted by atomic mass is 10.2. The Bertz CT molecular complexity index is 884. The van der Waals surface area contributed by atoms with E-state index in [0.29, 0.717) is 17.1 Å². The molecule has 0 unspecified atom stereocenters. The Kier molecular flexibility index (Phi) is 6.39. The Hall–Kier alpha value is -2.92. The van der Waals surface area contributed by atoms with E-state index in [-0.39, 0.29) is 5.91 Å². The molecule has 0 saturated heterocycles. The smallest absolute Gasteiger partial charge is 0.251 e. The van der Waals surface area contributed by atoms with Gasteiger partial charge in [0.15, 0.2) is 0 Å². The van der Waals surface area contributed by atoms with Gasteiger partial charge < -0.3 is 10.2 Å². The molecule has 0 aliphatic carbocycles. The van der Waals surface area contributed by atoms with Crippen molar-refractivity contribution in [3.05, 3.63) is 88.8 Å². The molecule has 0 fully saturated rings. The van der Waals surface area contributed by atoms with Crippen LogP contribution in [-0.4, -0.2) is 29.5 Å². The van der Waals surface area contributed by atoms with Crippen LogP contribution in [0.3, 0.4) is 0 Å². The minimum atomic E-state index is -0.141. The molecule has 0 radical (unpaired) electrons. The third-order valence-corrected chi connectivity index (χ3v) is 4.46. The Labute approximate surface area is 164 Å². The van der Waals surface area contributed by atoms with Crippen molar-refractivity contribution in [3.8, 4) is 0 Å². The van der Waals surface area contributed by atoms with Gasteiger partial charge in [-0.3, -0.25) is 9.78 Å². The first-order valence-electron chi connectivity index (χ1n) is 8.72. The van der Waals surface area contributed by atoms with E-state index in [1.807, 2.05) is 37.4 Å². The monoisotopic (exact) mass is 380 g/mol. The highest BCUT2D eigenvalue weighted by atomic mass is 35.5. The topological polar surface area (TPSA) is 58.1 Å². The van der Waals surface area contributed by atoms with Crippen molar-refractivity contribution in [2.75, 3.05) is 18.5 Å². The van der Waals surface area contributed by atoms with Gasteiger partial charge in [-0.05, 0) is 42.5 Å². The zero-order chi connectivity index (χ0) is 19.1. The molecule has 0 aliphatic heterocycles. The molecule has 5 nitrogen and oxygen atoms in total. The standard InChI is InChI=1S/C21H21ClN4O/c1-26(14-11-19-6-2-3-12-23-19)20-17(5-4-13-24-20)15-25-21(27)16-7-9-18(22)10-8-16/h2-10,12-13H,11,14-15H2,1H3,(H,25,27). The number of hydrogen-bond donors (Lipinski definition) is 1. The van der Waals surface area contributed by atoms with Crippen molar-refractivity contribution in [2.24, 2.45) is 0 Å². The molecule has 1 aromatic carbocycles. The predicted molar refractivity (Wildman–Crippen MR) is 108 cm³/mol. The summed E-state index contributed by atoms with van der Waals surface area (Å²) in [7, 11) is 2.00. The highest BCUT2D eigenvalue weighted by molar-refractivity contribution is 6.30. The zero-order valence-corrected chi connectivity index (χ0v) is 15.9. The molecule has 0 saturated carbocycles. The highest BCUT2D eigenvalue weighted by Gasteiger charge is 2.11. The minimum Gasteiger partial charge on any atom is -0.359 e. The van der Waals surface area contributed by atoms with Gasteiger partial charge in [-0.25, -0.2) is 4.98 Å². The summed E-state index contributed by atoms with van der Waals surface area (Å²) < 4.78 is 0. The van der Waals surface area contributed by atoms with Crippen molar-refractivity contribution in [3.63, 3.8) is 0 Å². The number of nitrogens with one attached hydrogen (secondary N) is 1. The number of hydrogen-bond acceptors (Lipinski definition) is 4. The maximum absolute atomic E-state index is 12.3. The first-order chi connectivity index (χ1) is 13.1. The van der Waals surface area contributed by atoms with E-state index >= 15 is 0 Å². The van der Waals surface area contributed by atoms with Gasteiger partial charge in [-0.2, -0.15) is 0 Å². The molecule has 2 aromatic heterocycles. The van der Waals surface area contributed by atoms with Gasteiger partial charge in [0.05, 0.1) is 0 Å². The number of benzene rings is 1. The predicted octanol–water partition coefficient (Wildman–Crippen LogP) is 3.74. The molecule has 1 amide bonds. The van der Waals surface area contributed by atoms with Gasteiger partial charge in [0, 0.05) is 60.8 Å². The number of carbonyl (C=O) groups excluding carboxylic acids is 1. The average Bonchev–Trinajstić information content (AvgIpc) is 2.71. The molecule has 27 heavy (non-hydrogen) atoms. The molecule has 6 heteroatoms. The van der Waals surface area contributed by atoms with E-state index in [2.05, 4.69) is 20.2 Å². The van der Waals surface area contributed by atoms with Crippen LogP contribution in [-0.2, 0) is 13.0 Å². The van der Waals surface area contributed by atoms with Crippen LogP contribution in [0.15, 0.2) is 67.0 Å². The van der Waals surface area contributed by atoms with Crippen LogP contribution in [0.2, 0.25) is 5.02 Å².